The Morgan fingerprint density at radius 1 is 0.944 bits per heavy atom. The first-order chi connectivity index (χ1) is 8.70. The summed E-state index contributed by atoms with van der Waals surface area (Å²) in [6.07, 6.45) is 0. The fourth-order valence-corrected chi connectivity index (χ4v) is 1.92. The van der Waals surface area contributed by atoms with Crippen LogP contribution < -0.4 is 0 Å². The highest BCUT2D eigenvalue weighted by Gasteiger charge is 2.18. The Morgan fingerprint density at radius 2 is 1.44 bits per heavy atom. The van der Waals surface area contributed by atoms with Crippen molar-refractivity contribution >= 4 is 5.91 Å². The van der Waals surface area contributed by atoms with E-state index in [0.29, 0.717) is 0 Å². The molecular formula is C16H17NO. The van der Waals surface area contributed by atoms with Gasteiger partial charge in [-0.1, -0.05) is 48.5 Å². The number of carbonyl (C=O) groups is 1. The first kappa shape index (κ1) is 12.4. The van der Waals surface area contributed by atoms with Gasteiger partial charge in [-0.15, -0.1) is 0 Å². The first-order valence-corrected chi connectivity index (χ1v) is 6.07. The van der Waals surface area contributed by atoms with Crippen molar-refractivity contribution in [3.63, 3.8) is 0 Å². The molecule has 0 aliphatic rings. The molecule has 0 aromatic heterocycles. The quantitative estimate of drug-likeness (QED) is 0.802. The number of benzene rings is 2. The third kappa shape index (κ3) is 2.59. The van der Waals surface area contributed by atoms with E-state index in [4.69, 9.17) is 0 Å². The summed E-state index contributed by atoms with van der Waals surface area (Å²) in [5.74, 6) is 0.0481. The maximum atomic E-state index is 12.3. The minimum absolute atomic E-state index is 0.0481. The molecule has 0 unspecified atom stereocenters. The highest BCUT2D eigenvalue weighted by molar-refractivity contribution is 5.94. The lowest BCUT2D eigenvalue weighted by Gasteiger charge is -2.25. The van der Waals surface area contributed by atoms with Crippen molar-refractivity contribution in [2.24, 2.45) is 0 Å². The predicted molar refractivity (Wildman–Crippen MR) is 73.4 cm³/mol. The number of amides is 1. The zero-order chi connectivity index (χ0) is 13.0. The minimum atomic E-state index is 0.0481. The molecule has 1 amide bonds. The smallest absolute Gasteiger partial charge is 0.254 e. The molecule has 0 saturated carbocycles. The molecule has 0 aliphatic heterocycles. The van der Waals surface area contributed by atoms with Gasteiger partial charge in [-0.25, -0.2) is 0 Å². The van der Waals surface area contributed by atoms with E-state index in [0.717, 1.165) is 11.1 Å². The van der Waals surface area contributed by atoms with Crippen molar-refractivity contribution in [2.75, 3.05) is 7.05 Å². The van der Waals surface area contributed by atoms with Gasteiger partial charge in [-0.2, -0.15) is 0 Å². The normalized spacial score (nSPS) is 11.9. The SMILES string of the molecule is C[C@H](c1ccccc1)N(C)C(=O)c1ccccc1. The molecule has 2 aromatic carbocycles. The molecular weight excluding hydrogens is 222 g/mol. The Bertz CT molecular complexity index is 507. The van der Waals surface area contributed by atoms with Crippen molar-refractivity contribution in [3.05, 3.63) is 71.8 Å². The summed E-state index contributed by atoms with van der Waals surface area (Å²) in [7, 11) is 1.84. The second-order valence-electron chi connectivity index (χ2n) is 4.37. The predicted octanol–water partition coefficient (Wildman–Crippen LogP) is 3.52. The molecule has 18 heavy (non-hydrogen) atoms. The van der Waals surface area contributed by atoms with Gasteiger partial charge in [-0.05, 0) is 24.6 Å². The Balaban J connectivity index is 2.17. The first-order valence-electron chi connectivity index (χ1n) is 6.07. The maximum Gasteiger partial charge on any atom is 0.254 e. The summed E-state index contributed by atoms with van der Waals surface area (Å²) < 4.78 is 0. The van der Waals surface area contributed by atoms with Crippen molar-refractivity contribution in [1.29, 1.82) is 0 Å². The minimum Gasteiger partial charge on any atom is -0.335 e. The van der Waals surface area contributed by atoms with Crippen LogP contribution in [0, 0.1) is 0 Å². The monoisotopic (exact) mass is 239 g/mol. The molecule has 0 fully saturated rings. The summed E-state index contributed by atoms with van der Waals surface area (Å²) >= 11 is 0. The van der Waals surface area contributed by atoms with Gasteiger partial charge in [0.1, 0.15) is 0 Å². The van der Waals surface area contributed by atoms with Crippen LogP contribution in [-0.2, 0) is 0 Å². The maximum absolute atomic E-state index is 12.3. The Morgan fingerprint density at radius 3 is 2.00 bits per heavy atom. The van der Waals surface area contributed by atoms with Crippen LogP contribution in [0.3, 0.4) is 0 Å². The van der Waals surface area contributed by atoms with E-state index >= 15 is 0 Å². The van der Waals surface area contributed by atoms with Crippen LogP contribution in [-0.4, -0.2) is 17.9 Å². The lowest BCUT2D eigenvalue weighted by Crippen LogP contribution is -2.29. The van der Waals surface area contributed by atoms with Crippen molar-refractivity contribution in [3.8, 4) is 0 Å². The summed E-state index contributed by atoms with van der Waals surface area (Å²) in [5.41, 5.74) is 1.87. The van der Waals surface area contributed by atoms with E-state index in [-0.39, 0.29) is 11.9 Å². The highest BCUT2D eigenvalue weighted by Crippen LogP contribution is 2.20. The van der Waals surface area contributed by atoms with Crippen molar-refractivity contribution in [1.82, 2.24) is 4.90 Å². The molecule has 0 spiro atoms. The second kappa shape index (κ2) is 5.50. The Labute approximate surface area is 108 Å². The molecule has 0 heterocycles. The average molecular weight is 239 g/mol. The Hall–Kier alpha value is -2.09. The third-order valence-corrected chi connectivity index (χ3v) is 3.20. The molecule has 0 bridgehead atoms. The molecule has 2 rings (SSSR count). The van der Waals surface area contributed by atoms with Crippen LogP contribution in [0.25, 0.3) is 0 Å². The van der Waals surface area contributed by atoms with Crippen LogP contribution in [0.2, 0.25) is 0 Å². The molecule has 0 N–H and O–H groups in total. The van der Waals surface area contributed by atoms with Gasteiger partial charge in [0.15, 0.2) is 0 Å². The van der Waals surface area contributed by atoms with E-state index in [1.54, 1.807) is 4.90 Å². The van der Waals surface area contributed by atoms with Gasteiger partial charge in [0.2, 0.25) is 0 Å². The molecule has 0 aliphatic carbocycles. The molecule has 1 atom stereocenters. The molecule has 2 nitrogen and oxygen atoms in total. The van der Waals surface area contributed by atoms with Crippen LogP contribution in [0.4, 0.5) is 0 Å². The van der Waals surface area contributed by atoms with Crippen LogP contribution in [0.1, 0.15) is 28.9 Å². The van der Waals surface area contributed by atoms with Gasteiger partial charge >= 0.3 is 0 Å². The number of carbonyl (C=O) groups excluding carboxylic acids is 1. The molecule has 2 aromatic rings. The average Bonchev–Trinajstić information content (AvgIpc) is 2.47. The van der Waals surface area contributed by atoms with Crippen LogP contribution in [0.15, 0.2) is 60.7 Å². The fourth-order valence-electron chi connectivity index (χ4n) is 1.92. The standard InChI is InChI=1S/C16H17NO/c1-13(14-9-5-3-6-10-14)17(2)16(18)15-11-7-4-8-12-15/h3-13H,1-2H3/t13-/m1/s1. The number of hydrogen-bond acceptors (Lipinski definition) is 1. The number of nitrogens with zero attached hydrogens (tertiary/aromatic N) is 1. The van der Waals surface area contributed by atoms with Gasteiger partial charge in [0, 0.05) is 12.6 Å². The third-order valence-electron chi connectivity index (χ3n) is 3.20. The fraction of sp³-hybridized carbons (Fsp3) is 0.188. The second-order valence-corrected chi connectivity index (χ2v) is 4.37. The van der Waals surface area contributed by atoms with E-state index in [9.17, 15) is 4.79 Å². The summed E-state index contributed by atoms with van der Waals surface area (Å²) in [6.45, 7) is 2.04. The van der Waals surface area contributed by atoms with Gasteiger partial charge < -0.3 is 4.90 Å². The highest BCUT2D eigenvalue weighted by atomic mass is 16.2. The molecule has 92 valence electrons. The van der Waals surface area contributed by atoms with E-state index in [2.05, 4.69) is 0 Å². The van der Waals surface area contributed by atoms with Crippen LogP contribution in [0.5, 0.6) is 0 Å². The van der Waals surface area contributed by atoms with Crippen molar-refractivity contribution in [2.45, 2.75) is 13.0 Å². The largest absolute Gasteiger partial charge is 0.335 e. The van der Waals surface area contributed by atoms with E-state index in [1.807, 2.05) is 74.6 Å². The zero-order valence-corrected chi connectivity index (χ0v) is 10.7. The molecule has 2 heteroatoms. The summed E-state index contributed by atoms with van der Waals surface area (Å²) in [6, 6.07) is 19.5. The summed E-state index contributed by atoms with van der Waals surface area (Å²) in [4.78, 5) is 14.1. The van der Waals surface area contributed by atoms with E-state index in [1.165, 1.54) is 0 Å². The molecule has 0 saturated heterocycles. The number of rotatable bonds is 3. The lowest BCUT2D eigenvalue weighted by atomic mass is 10.1. The Kier molecular flexibility index (Phi) is 3.78. The lowest BCUT2D eigenvalue weighted by molar-refractivity contribution is 0.0742. The molecule has 0 radical (unpaired) electrons. The summed E-state index contributed by atoms with van der Waals surface area (Å²) in [5, 5.41) is 0. The van der Waals surface area contributed by atoms with Gasteiger partial charge in [0.05, 0.1) is 6.04 Å². The van der Waals surface area contributed by atoms with E-state index < -0.39 is 0 Å². The van der Waals surface area contributed by atoms with Gasteiger partial charge in [0.25, 0.3) is 5.91 Å². The topological polar surface area (TPSA) is 20.3 Å². The van der Waals surface area contributed by atoms with Crippen molar-refractivity contribution < 1.29 is 4.79 Å². The van der Waals surface area contributed by atoms with Crippen LogP contribution >= 0.6 is 0 Å². The van der Waals surface area contributed by atoms with Gasteiger partial charge in [-0.3, -0.25) is 4.79 Å². The number of hydrogen-bond donors (Lipinski definition) is 0. The zero-order valence-electron chi connectivity index (χ0n) is 10.7.